The fourth-order valence-corrected chi connectivity index (χ4v) is 5.82. The number of benzene rings is 1. The van der Waals surface area contributed by atoms with E-state index in [4.69, 9.17) is 23.2 Å². The minimum Gasteiger partial charge on any atom is -0.355 e. The Morgan fingerprint density at radius 3 is 2.68 bits per heavy atom. The quantitative estimate of drug-likeness (QED) is 0.565. The zero-order valence-electron chi connectivity index (χ0n) is 16.7. The van der Waals surface area contributed by atoms with Gasteiger partial charge in [0.15, 0.2) is 4.90 Å². The third-order valence-corrected chi connectivity index (χ3v) is 7.74. The molecule has 0 radical (unpaired) electrons. The lowest BCUT2D eigenvalue weighted by Crippen LogP contribution is -2.47. The first-order chi connectivity index (χ1) is 14.6. The van der Waals surface area contributed by atoms with Crippen LogP contribution in [0.5, 0.6) is 0 Å². The summed E-state index contributed by atoms with van der Waals surface area (Å²) in [6.07, 6.45) is 1.50. The number of piperidine rings is 1. The zero-order valence-corrected chi connectivity index (χ0v) is 19.0. The van der Waals surface area contributed by atoms with Crippen LogP contribution in [0.15, 0.2) is 32.7 Å². The SMILES string of the molecule is Cc1[nH]c(=O)[nH]c(=O)c1S(=O)(=O)N1CCC[C@H](C(=O)NCCc2ccc(Cl)cc2Cl)C1. The summed E-state index contributed by atoms with van der Waals surface area (Å²) < 4.78 is 27.1. The van der Waals surface area contributed by atoms with Crippen LogP contribution in [0, 0.1) is 12.8 Å². The highest BCUT2D eigenvalue weighted by Gasteiger charge is 2.35. The molecule has 0 unspecified atom stereocenters. The molecule has 1 aliphatic rings. The fraction of sp³-hybridized carbons (Fsp3) is 0.421. The van der Waals surface area contributed by atoms with Gasteiger partial charge in [0.1, 0.15) is 0 Å². The van der Waals surface area contributed by atoms with Gasteiger partial charge >= 0.3 is 5.69 Å². The monoisotopic (exact) mass is 488 g/mol. The molecular formula is C19H22Cl2N4O5S. The van der Waals surface area contributed by atoms with E-state index in [2.05, 4.69) is 10.3 Å². The molecule has 168 valence electrons. The fourth-order valence-electron chi connectivity index (χ4n) is 3.59. The van der Waals surface area contributed by atoms with Gasteiger partial charge in [0.2, 0.25) is 15.9 Å². The predicted octanol–water partition coefficient (Wildman–Crippen LogP) is 1.44. The van der Waals surface area contributed by atoms with Crippen LogP contribution in [-0.2, 0) is 21.2 Å². The molecule has 0 aliphatic carbocycles. The zero-order chi connectivity index (χ0) is 22.8. The van der Waals surface area contributed by atoms with E-state index in [-0.39, 0.29) is 24.7 Å². The Hall–Kier alpha value is -2.14. The predicted molar refractivity (Wildman–Crippen MR) is 117 cm³/mol. The number of carbonyl (C=O) groups is 1. The summed E-state index contributed by atoms with van der Waals surface area (Å²) in [6.45, 7) is 1.82. The molecule has 1 aliphatic heterocycles. The van der Waals surface area contributed by atoms with Crippen LogP contribution < -0.4 is 16.6 Å². The van der Waals surface area contributed by atoms with Crippen LogP contribution in [0.1, 0.15) is 24.1 Å². The minimum atomic E-state index is -4.17. The number of H-pyrrole nitrogens is 2. The lowest BCUT2D eigenvalue weighted by molar-refractivity contribution is -0.126. The second kappa shape index (κ2) is 9.56. The maximum atomic E-state index is 13.0. The van der Waals surface area contributed by atoms with Crippen molar-refractivity contribution in [3.05, 3.63) is 60.3 Å². The summed E-state index contributed by atoms with van der Waals surface area (Å²) in [5, 5.41) is 3.86. The molecule has 3 N–H and O–H groups in total. The summed E-state index contributed by atoms with van der Waals surface area (Å²) in [6, 6.07) is 5.13. The first-order valence-corrected chi connectivity index (χ1v) is 11.8. The van der Waals surface area contributed by atoms with Gasteiger partial charge in [-0.1, -0.05) is 29.3 Å². The molecule has 1 atom stereocenters. The molecule has 2 aromatic rings. The molecule has 0 saturated carbocycles. The number of aromatic nitrogens is 2. The second-order valence-corrected chi connectivity index (χ2v) is 10.1. The standard InChI is InChI=1S/C19H22Cl2N4O5S/c1-11-16(18(27)24-19(28)23-11)31(29,30)25-8-2-3-13(10-25)17(26)22-7-6-12-4-5-14(20)9-15(12)21/h4-5,9,13H,2-3,6-8,10H2,1H3,(H,22,26)(H2,23,24,27,28)/t13-/m0/s1. The topological polar surface area (TPSA) is 132 Å². The van der Waals surface area contributed by atoms with E-state index < -0.39 is 32.1 Å². The summed E-state index contributed by atoms with van der Waals surface area (Å²) in [7, 11) is -4.17. The lowest BCUT2D eigenvalue weighted by atomic mass is 9.99. The van der Waals surface area contributed by atoms with Gasteiger partial charge < -0.3 is 10.3 Å². The van der Waals surface area contributed by atoms with E-state index in [1.165, 1.54) is 6.92 Å². The smallest absolute Gasteiger partial charge is 0.325 e. The largest absolute Gasteiger partial charge is 0.355 e. The van der Waals surface area contributed by atoms with Crippen molar-refractivity contribution in [1.29, 1.82) is 0 Å². The molecular weight excluding hydrogens is 467 g/mol. The Kier molecular flexibility index (Phi) is 7.25. The van der Waals surface area contributed by atoms with Crippen LogP contribution in [-0.4, -0.2) is 48.2 Å². The number of amides is 1. The van der Waals surface area contributed by atoms with Crippen molar-refractivity contribution < 1.29 is 13.2 Å². The molecule has 1 aromatic carbocycles. The van der Waals surface area contributed by atoms with E-state index >= 15 is 0 Å². The molecule has 1 amide bonds. The summed E-state index contributed by atoms with van der Waals surface area (Å²) in [4.78, 5) is 39.8. The number of halogens is 2. The Morgan fingerprint density at radius 1 is 1.26 bits per heavy atom. The van der Waals surface area contributed by atoms with Gasteiger partial charge in [-0.05, 0) is 43.9 Å². The Morgan fingerprint density at radius 2 is 2.00 bits per heavy atom. The van der Waals surface area contributed by atoms with E-state index in [9.17, 15) is 22.8 Å². The molecule has 0 spiro atoms. The molecule has 1 fully saturated rings. The van der Waals surface area contributed by atoms with Gasteiger partial charge in [0.05, 0.1) is 5.92 Å². The average Bonchev–Trinajstić information content (AvgIpc) is 2.68. The minimum absolute atomic E-state index is 0.0415. The van der Waals surface area contributed by atoms with E-state index in [1.807, 2.05) is 4.98 Å². The van der Waals surface area contributed by atoms with Crippen LogP contribution in [0.2, 0.25) is 10.0 Å². The van der Waals surface area contributed by atoms with Gasteiger partial charge in [-0.25, -0.2) is 13.2 Å². The molecule has 12 heteroatoms. The molecule has 31 heavy (non-hydrogen) atoms. The van der Waals surface area contributed by atoms with Gasteiger partial charge in [-0.3, -0.25) is 14.6 Å². The number of carbonyl (C=O) groups excluding carboxylic acids is 1. The number of sulfonamides is 1. The molecule has 9 nitrogen and oxygen atoms in total. The number of aromatic amines is 2. The van der Waals surface area contributed by atoms with Crippen molar-refractivity contribution in [2.45, 2.75) is 31.1 Å². The van der Waals surface area contributed by atoms with Crippen molar-refractivity contribution in [2.24, 2.45) is 5.92 Å². The summed E-state index contributed by atoms with van der Waals surface area (Å²) >= 11 is 12.0. The summed E-state index contributed by atoms with van der Waals surface area (Å²) in [5.41, 5.74) is -0.960. The van der Waals surface area contributed by atoms with E-state index in [1.54, 1.807) is 18.2 Å². The van der Waals surface area contributed by atoms with Crippen LogP contribution >= 0.6 is 23.2 Å². The van der Waals surface area contributed by atoms with Crippen LogP contribution in [0.4, 0.5) is 0 Å². The Balaban J connectivity index is 1.66. The number of nitrogens with zero attached hydrogens (tertiary/aromatic N) is 1. The molecule has 1 saturated heterocycles. The Labute approximate surface area is 188 Å². The van der Waals surface area contributed by atoms with Crippen molar-refractivity contribution in [3.8, 4) is 0 Å². The third kappa shape index (κ3) is 5.38. The second-order valence-electron chi connectivity index (χ2n) is 7.34. The van der Waals surface area contributed by atoms with E-state index in [0.717, 1.165) is 9.87 Å². The third-order valence-electron chi connectivity index (χ3n) is 5.14. The van der Waals surface area contributed by atoms with Gasteiger partial charge in [-0.2, -0.15) is 4.31 Å². The maximum absolute atomic E-state index is 13.0. The summed E-state index contributed by atoms with van der Waals surface area (Å²) in [5.74, 6) is -0.816. The van der Waals surface area contributed by atoms with Crippen molar-refractivity contribution in [3.63, 3.8) is 0 Å². The normalized spacial score (nSPS) is 17.5. The van der Waals surface area contributed by atoms with Crippen LogP contribution in [0.3, 0.4) is 0 Å². The Bertz CT molecular complexity index is 1210. The average molecular weight is 489 g/mol. The number of nitrogens with one attached hydrogen (secondary N) is 3. The highest BCUT2D eigenvalue weighted by molar-refractivity contribution is 7.89. The molecule has 3 rings (SSSR count). The van der Waals surface area contributed by atoms with Crippen molar-refractivity contribution in [1.82, 2.24) is 19.6 Å². The van der Waals surface area contributed by atoms with Gasteiger partial charge in [-0.15, -0.1) is 0 Å². The lowest BCUT2D eigenvalue weighted by Gasteiger charge is -2.31. The number of aryl methyl sites for hydroxylation is 1. The van der Waals surface area contributed by atoms with E-state index in [0.29, 0.717) is 35.9 Å². The highest BCUT2D eigenvalue weighted by Crippen LogP contribution is 2.24. The van der Waals surface area contributed by atoms with Gasteiger partial charge in [0.25, 0.3) is 5.56 Å². The number of hydrogen-bond donors (Lipinski definition) is 3. The molecule has 1 aromatic heterocycles. The van der Waals surface area contributed by atoms with Crippen molar-refractivity contribution >= 4 is 39.1 Å². The molecule has 2 heterocycles. The number of hydrogen-bond acceptors (Lipinski definition) is 5. The highest BCUT2D eigenvalue weighted by atomic mass is 35.5. The van der Waals surface area contributed by atoms with Crippen molar-refractivity contribution in [2.75, 3.05) is 19.6 Å². The first kappa shape index (κ1) is 23.5. The molecule has 0 bridgehead atoms. The first-order valence-electron chi connectivity index (χ1n) is 9.64. The van der Waals surface area contributed by atoms with Crippen LogP contribution in [0.25, 0.3) is 0 Å². The maximum Gasteiger partial charge on any atom is 0.325 e. The van der Waals surface area contributed by atoms with Gasteiger partial charge in [0, 0.05) is 35.4 Å². The number of rotatable bonds is 6.